The van der Waals surface area contributed by atoms with Gasteiger partial charge in [0.15, 0.2) is 0 Å². The molecular weight excluding hydrogens is 336 g/mol. The normalized spacial score (nSPS) is 16.6. The van der Waals surface area contributed by atoms with Gasteiger partial charge in [-0.3, -0.25) is 14.2 Å². The highest BCUT2D eigenvalue weighted by Gasteiger charge is 2.30. The highest BCUT2D eigenvalue weighted by atomic mass is 16.2. The second kappa shape index (κ2) is 7.55. The average molecular weight is 364 g/mol. The number of aromatic nitrogens is 1. The van der Waals surface area contributed by atoms with Crippen LogP contribution in [0.1, 0.15) is 55.1 Å². The van der Waals surface area contributed by atoms with Gasteiger partial charge in [-0.1, -0.05) is 52.0 Å². The van der Waals surface area contributed by atoms with Gasteiger partial charge in [0.1, 0.15) is 5.56 Å². The Morgan fingerprint density at radius 1 is 1.15 bits per heavy atom. The number of carbonyl (C=O) groups excluding carboxylic acids is 1. The molecule has 0 saturated carbocycles. The third kappa shape index (κ3) is 3.61. The zero-order chi connectivity index (χ0) is 19.7. The lowest BCUT2D eigenvalue weighted by Gasteiger charge is -2.28. The van der Waals surface area contributed by atoms with Crippen LogP contribution < -0.4 is 5.56 Å². The molecule has 1 amide bonds. The summed E-state index contributed by atoms with van der Waals surface area (Å²) in [6.07, 6.45) is 5.83. The molecule has 0 N–H and O–H groups in total. The van der Waals surface area contributed by atoms with Gasteiger partial charge in [0, 0.05) is 18.4 Å². The summed E-state index contributed by atoms with van der Waals surface area (Å²) in [5.41, 5.74) is 2.68. The standard InChI is InChI=1S/C23H28N2O2/c1-15(2)18-8-6-9-19(14-18)24-13-11-17(5)21(22(24)26)23(27)25-12-7-10-20(25)16(3)4/h6-11,13-16,20H,12H2,1-5H3. The van der Waals surface area contributed by atoms with Gasteiger partial charge in [0.25, 0.3) is 11.5 Å². The molecule has 3 rings (SSSR count). The van der Waals surface area contributed by atoms with Gasteiger partial charge in [-0.2, -0.15) is 0 Å². The van der Waals surface area contributed by atoms with Crippen molar-refractivity contribution in [2.24, 2.45) is 5.92 Å². The molecule has 1 unspecified atom stereocenters. The molecule has 2 heterocycles. The van der Waals surface area contributed by atoms with Gasteiger partial charge in [0.2, 0.25) is 0 Å². The van der Waals surface area contributed by atoms with Gasteiger partial charge >= 0.3 is 0 Å². The first kappa shape index (κ1) is 19.2. The molecule has 1 aromatic heterocycles. The minimum Gasteiger partial charge on any atom is -0.328 e. The molecule has 4 nitrogen and oxygen atoms in total. The number of hydrogen-bond donors (Lipinski definition) is 0. The highest BCUT2D eigenvalue weighted by molar-refractivity contribution is 5.96. The van der Waals surface area contributed by atoms with Crippen molar-refractivity contribution >= 4 is 5.91 Å². The van der Waals surface area contributed by atoms with Crippen LogP contribution in [0, 0.1) is 12.8 Å². The van der Waals surface area contributed by atoms with E-state index in [1.54, 1.807) is 15.7 Å². The largest absolute Gasteiger partial charge is 0.328 e. The molecule has 1 aliphatic heterocycles. The number of amides is 1. The van der Waals surface area contributed by atoms with Crippen LogP contribution in [0.2, 0.25) is 0 Å². The van der Waals surface area contributed by atoms with E-state index in [1.165, 1.54) is 0 Å². The predicted molar refractivity (Wildman–Crippen MR) is 110 cm³/mol. The monoisotopic (exact) mass is 364 g/mol. The van der Waals surface area contributed by atoms with Gasteiger partial charge in [-0.25, -0.2) is 0 Å². The average Bonchev–Trinajstić information content (AvgIpc) is 3.12. The molecule has 1 aromatic carbocycles. The summed E-state index contributed by atoms with van der Waals surface area (Å²) in [6.45, 7) is 10.8. The molecule has 1 atom stereocenters. The summed E-state index contributed by atoms with van der Waals surface area (Å²) in [6, 6.07) is 9.83. The lowest BCUT2D eigenvalue weighted by Crippen LogP contribution is -2.42. The Hall–Kier alpha value is -2.62. The molecule has 0 fully saturated rings. The molecule has 0 saturated heterocycles. The van der Waals surface area contributed by atoms with E-state index in [2.05, 4.69) is 39.8 Å². The van der Waals surface area contributed by atoms with Crippen molar-refractivity contribution in [1.29, 1.82) is 0 Å². The van der Waals surface area contributed by atoms with E-state index < -0.39 is 0 Å². The molecule has 27 heavy (non-hydrogen) atoms. The van der Waals surface area contributed by atoms with Crippen molar-refractivity contribution < 1.29 is 4.79 Å². The van der Waals surface area contributed by atoms with Crippen LogP contribution in [0.3, 0.4) is 0 Å². The van der Waals surface area contributed by atoms with Gasteiger partial charge < -0.3 is 4.90 Å². The Morgan fingerprint density at radius 2 is 1.89 bits per heavy atom. The maximum absolute atomic E-state index is 13.2. The van der Waals surface area contributed by atoms with Gasteiger partial charge in [-0.15, -0.1) is 0 Å². The fourth-order valence-corrected chi connectivity index (χ4v) is 3.61. The van der Waals surface area contributed by atoms with E-state index >= 15 is 0 Å². The van der Waals surface area contributed by atoms with Crippen molar-refractivity contribution in [1.82, 2.24) is 9.47 Å². The quantitative estimate of drug-likeness (QED) is 0.759. The summed E-state index contributed by atoms with van der Waals surface area (Å²) >= 11 is 0. The van der Waals surface area contributed by atoms with E-state index in [1.807, 2.05) is 37.3 Å². The summed E-state index contributed by atoms with van der Waals surface area (Å²) in [5.74, 6) is 0.493. The van der Waals surface area contributed by atoms with E-state index in [0.29, 0.717) is 18.4 Å². The summed E-state index contributed by atoms with van der Waals surface area (Å²) < 4.78 is 1.58. The molecule has 0 radical (unpaired) electrons. The van der Waals surface area contributed by atoms with Gasteiger partial charge in [-0.05, 0) is 48.1 Å². The lowest BCUT2D eigenvalue weighted by molar-refractivity contribution is 0.0717. The second-order valence-corrected chi connectivity index (χ2v) is 7.92. The SMILES string of the molecule is Cc1ccn(-c2cccc(C(C)C)c2)c(=O)c1C(=O)N1CC=CC1C(C)C. The molecular formula is C23H28N2O2. The van der Waals surface area contributed by atoms with E-state index in [9.17, 15) is 9.59 Å². The summed E-state index contributed by atoms with van der Waals surface area (Å²) in [4.78, 5) is 28.3. The number of pyridine rings is 1. The number of carbonyl (C=O) groups is 1. The minimum absolute atomic E-state index is 0.0363. The minimum atomic E-state index is -0.254. The smallest absolute Gasteiger partial charge is 0.268 e. The van der Waals surface area contributed by atoms with E-state index in [4.69, 9.17) is 0 Å². The van der Waals surface area contributed by atoms with Crippen LogP contribution in [-0.4, -0.2) is 28.0 Å². The van der Waals surface area contributed by atoms with Crippen molar-refractivity contribution in [2.45, 2.75) is 46.6 Å². The molecule has 142 valence electrons. The zero-order valence-electron chi connectivity index (χ0n) is 16.8. The van der Waals surface area contributed by atoms with Gasteiger partial charge in [0.05, 0.1) is 6.04 Å². The third-order valence-electron chi connectivity index (χ3n) is 5.27. The maximum atomic E-state index is 13.2. The van der Waals surface area contributed by atoms with Crippen LogP contribution in [0.4, 0.5) is 0 Å². The van der Waals surface area contributed by atoms with E-state index in [0.717, 1.165) is 16.8 Å². The Balaban J connectivity index is 2.06. The molecule has 2 aromatic rings. The van der Waals surface area contributed by atoms with Crippen LogP contribution in [0.25, 0.3) is 5.69 Å². The van der Waals surface area contributed by atoms with E-state index in [-0.39, 0.29) is 23.1 Å². The molecule has 4 heteroatoms. The highest BCUT2D eigenvalue weighted by Crippen LogP contribution is 2.22. The molecule has 0 spiro atoms. The Bertz CT molecular complexity index is 938. The predicted octanol–water partition coefficient (Wildman–Crippen LogP) is 4.31. The third-order valence-corrected chi connectivity index (χ3v) is 5.27. The maximum Gasteiger partial charge on any atom is 0.268 e. The van der Waals surface area contributed by atoms with Crippen LogP contribution in [0.5, 0.6) is 0 Å². The van der Waals surface area contributed by atoms with Crippen LogP contribution in [0.15, 0.2) is 53.5 Å². The zero-order valence-corrected chi connectivity index (χ0v) is 16.8. The Kier molecular flexibility index (Phi) is 5.36. The van der Waals surface area contributed by atoms with Crippen LogP contribution in [-0.2, 0) is 0 Å². The topological polar surface area (TPSA) is 42.3 Å². The Morgan fingerprint density at radius 3 is 2.56 bits per heavy atom. The second-order valence-electron chi connectivity index (χ2n) is 7.92. The van der Waals surface area contributed by atoms with Crippen LogP contribution >= 0.6 is 0 Å². The Labute approximate surface area is 161 Å². The number of benzene rings is 1. The summed E-state index contributed by atoms with van der Waals surface area (Å²) in [7, 11) is 0. The molecule has 1 aliphatic rings. The first-order valence-electron chi connectivity index (χ1n) is 9.61. The number of aryl methyl sites for hydroxylation is 1. The first-order valence-corrected chi connectivity index (χ1v) is 9.61. The number of nitrogens with zero attached hydrogens (tertiary/aromatic N) is 2. The van der Waals surface area contributed by atoms with Crippen molar-refractivity contribution in [3.8, 4) is 5.69 Å². The van der Waals surface area contributed by atoms with Crippen molar-refractivity contribution in [2.75, 3.05) is 6.54 Å². The number of rotatable bonds is 4. The van der Waals surface area contributed by atoms with Crippen molar-refractivity contribution in [3.05, 3.63) is 75.7 Å². The first-order chi connectivity index (χ1) is 12.8. The fraction of sp³-hybridized carbons (Fsp3) is 0.391. The summed E-state index contributed by atoms with van der Waals surface area (Å²) in [5, 5.41) is 0. The molecule has 0 bridgehead atoms. The lowest BCUT2D eigenvalue weighted by atomic mass is 10.0. The van der Waals surface area contributed by atoms with Crippen molar-refractivity contribution in [3.63, 3.8) is 0 Å². The fourth-order valence-electron chi connectivity index (χ4n) is 3.61. The number of hydrogen-bond acceptors (Lipinski definition) is 2. The molecule has 0 aliphatic carbocycles.